The van der Waals surface area contributed by atoms with Gasteiger partial charge in [-0.3, -0.25) is 4.79 Å². The molecule has 0 bridgehead atoms. The van der Waals surface area contributed by atoms with E-state index in [1.807, 2.05) is 6.07 Å². The van der Waals surface area contributed by atoms with E-state index in [-0.39, 0.29) is 18.2 Å². The van der Waals surface area contributed by atoms with Gasteiger partial charge in [0, 0.05) is 20.7 Å². The van der Waals surface area contributed by atoms with Crippen molar-refractivity contribution >= 4 is 57.1 Å². The Hall–Kier alpha value is -0.863. The van der Waals surface area contributed by atoms with Gasteiger partial charge in [0.2, 0.25) is 5.78 Å². The number of hydrogen-bond donors (Lipinski definition) is 0. The molecule has 128 valence electrons. The number of halogens is 2. The summed E-state index contributed by atoms with van der Waals surface area (Å²) in [7, 11) is -1.17. The van der Waals surface area contributed by atoms with Crippen molar-refractivity contribution in [3.05, 3.63) is 30.9 Å². The minimum atomic E-state index is -1.17. The van der Waals surface area contributed by atoms with Gasteiger partial charge in [-0.1, -0.05) is 19.6 Å². The fourth-order valence-corrected chi connectivity index (χ4v) is 4.79. The van der Waals surface area contributed by atoms with Crippen LogP contribution < -0.4 is 0 Å². The number of ether oxygens (including phenoxy) is 1. The Labute approximate surface area is 162 Å². The monoisotopic (exact) mass is 490 g/mol. The van der Waals surface area contributed by atoms with Crippen molar-refractivity contribution in [1.82, 2.24) is 14.8 Å². The number of carbonyl (C=O) groups excluding carboxylic acids is 1. The number of ketones is 1. The van der Waals surface area contributed by atoms with Crippen LogP contribution in [0.15, 0.2) is 14.6 Å². The van der Waals surface area contributed by atoms with Gasteiger partial charge in [0.05, 0.1) is 0 Å². The zero-order valence-corrected chi connectivity index (χ0v) is 18.5. The highest BCUT2D eigenvalue weighted by Gasteiger charge is 2.22. The van der Waals surface area contributed by atoms with Crippen LogP contribution in [0, 0.1) is 11.3 Å². The topological polar surface area (TPSA) is 80.8 Å². The van der Waals surface area contributed by atoms with Crippen LogP contribution in [0.25, 0.3) is 0 Å². The highest BCUT2D eigenvalue weighted by Crippen LogP contribution is 2.29. The Kier molecular flexibility index (Phi) is 6.50. The standard InChI is InChI=1S/C14H16Br2N4O2SSi/c1-24(2,3)5-4-22-8-20-9(7-17)6-10(19-20)11(21)12-13(15)18-14(16)23-12/h6H,4-5,8H2,1-3H3. The molecule has 0 saturated heterocycles. The first-order chi connectivity index (χ1) is 11.2. The van der Waals surface area contributed by atoms with Crippen LogP contribution in [-0.2, 0) is 11.5 Å². The average molecular weight is 492 g/mol. The smallest absolute Gasteiger partial charge is 0.226 e. The molecule has 0 spiro atoms. The second kappa shape index (κ2) is 8.01. The normalized spacial score (nSPS) is 11.5. The Morgan fingerprint density at radius 3 is 2.71 bits per heavy atom. The van der Waals surface area contributed by atoms with Crippen LogP contribution in [0.1, 0.15) is 21.1 Å². The fourth-order valence-electron chi connectivity index (χ4n) is 1.78. The van der Waals surface area contributed by atoms with E-state index in [9.17, 15) is 10.1 Å². The molecule has 2 heterocycles. The molecule has 0 amide bonds. The third kappa shape index (κ3) is 5.06. The predicted octanol–water partition coefficient (Wildman–Crippen LogP) is 4.28. The first-order valence-electron chi connectivity index (χ1n) is 7.13. The van der Waals surface area contributed by atoms with Gasteiger partial charge in [0.15, 0.2) is 3.92 Å². The highest BCUT2D eigenvalue weighted by atomic mass is 79.9. The van der Waals surface area contributed by atoms with E-state index in [1.165, 1.54) is 22.1 Å². The molecule has 2 aromatic rings. The highest BCUT2D eigenvalue weighted by molar-refractivity contribution is 9.11. The average Bonchev–Trinajstić information content (AvgIpc) is 3.04. The maximum absolute atomic E-state index is 12.5. The summed E-state index contributed by atoms with van der Waals surface area (Å²) in [5, 5.41) is 13.4. The number of thiazole rings is 1. The Morgan fingerprint density at radius 2 is 2.17 bits per heavy atom. The second-order valence-electron chi connectivity index (χ2n) is 6.29. The largest absolute Gasteiger partial charge is 0.359 e. The van der Waals surface area contributed by atoms with Gasteiger partial charge in [-0.05, 0) is 37.9 Å². The van der Waals surface area contributed by atoms with E-state index < -0.39 is 8.07 Å². The summed E-state index contributed by atoms with van der Waals surface area (Å²) >= 11 is 7.72. The number of hydrogen-bond acceptors (Lipinski definition) is 6. The zero-order valence-electron chi connectivity index (χ0n) is 13.5. The zero-order chi connectivity index (χ0) is 17.9. The summed E-state index contributed by atoms with van der Waals surface area (Å²) in [5.41, 5.74) is 0.503. The summed E-state index contributed by atoms with van der Waals surface area (Å²) in [6, 6.07) is 4.55. The maximum atomic E-state index is 12.5. The Morgan fingerprint density at radius 1 is 1.46 bits per heavy atom. The fraction of sp³-hybridized carbons (Fsp3) is 0.429. The predicted molar refractivity (Wildman–Crippen MR) is 102 cm³/mol. The first-order valence-corrected chi connectivity index (χ1v) is 13.2. The molecule has 0 aliphatic carbocycles. The van der Waals surface area contributed by atoms with Crippen LogP contribution >= 0.6 is 43.2 Å². The van der Waals surface area contributed by atoms with Crippen molar-refractivity contribution in [3.8, 4) is 6.07 Å². The van der Waals surface area contributed by atoms with Crippen molar-refractivity contribution in [2.75, 3.05) is 6.61 Å². The number of carbonyl (C=O) groups is 1. The molecule has 24 heavy (non-hydrogen) atoms. The van der Waals surface area contributed by atoms with Crippen LogP contribution in [0.3, 0.4) is 0 Å². The number of aromatic nitrogens is 3. The minimum absolute atomic E-state index is 0.161. The molecule has 2 aromatic heterocycles. The summed E-state index contributed by atoms with van der Waals surface area (Å²) in [4.78, 5) is 17.1. The molecule has 10 heteroatoms. The molecule has 0 N–H and O–H groups in total. The van der Waals surface area contributed by atoms with E-state index >= 15 is 0 Å². The van der Waals surface area contributed by atoms with Gasteiger partial charge in [-0.25, -0.2) is 9.67 Å². The summed E-state index contributed by atoms with van der Waals surface area (Å²) in [6.07, 6.45) is 0. The number of rotatable bonds is 7. The van der Waals surface area contributed by atoms with Gasteiger partial charge in [-0.2, -0.15) is 10.4 Å². The lowest BCUT2D eigenvalue weighted by molar-refractivity contribution is 0.0774. The van der Waals surface area contributed by atoms with Crippen molar-refractivity contribution < 1.29 is 9.53 Å². The third-order valence-electron chi connectivity index (χ3n) is 3.10. The molecular weight excluding hydrogens is 476 g/mol. The quantitative estimate of drug-likeness (QED) is 0.328. The number of nitriles is 1. The lowest BCUT2D eigenvalue weighted by Gasteiger charge is -2.15. The van der Waals surface area contributed by atoms with Gasteiger partial charge in [0.25, 0.3) is 0 Å². The molecule has 2 rings (SSSR count). The summed E-state index contributed by atoms with van der Waals surface area (Å²) in [6.45, 7) is 7.59. The first kappa shape index (κ1) is 19.5. The molecular formula is C14H16Br2N4O2SSi. The molecule has 0 atom stereocenters. The van der Waals surface area contributed by atoms with Gasteiger partial charge < -0.3 is 4.74 Å². The third-order valence-corrected chi connectivity index (χ3v) is 7.15. The second-order valence-corrected chi connectivity index (χ2v) is 14.9. The lowest BCUT2D eigenvalue weighted by atomic mass is 10.2. The van der Waals surface area contributed by atoms with E-state index in [0.717, 1.165) is 6.04 Å². The summed E-state index contributed by atoms with van der Waals surface area (Å²) < 4.78 is 8.10. The van der Waals surface area contributed by atoms with Crippen LogP contribution in [-0.4, -0.2) is 35.2 Å². The van der Waals surface area contributed by atoms with Gasteiger partial charge >= 0.3 is 0 Å². The van der Waals surface area contributed by atoms with E-state index in [2.05, 4.69) is 61.6 Å². The molecule has 6 nitrogen and oxygen atoms in total. The van der Waals surface area contributed by atoms with Crippen molar-refractivity contribution in [3.63, 3.8) is 0 Å². The molecule has 0 fully saturated rings. The van der Waals surface area contributed by atoms with Crippen molar-refractivity contribution in [1.29, 1.82) is 5.26 Å². The summed E-state index contributed by atoms with van der Waals surface area (Å²) in [5.74, 6) is -0.276. The maximum Gasteiger partial charge on any atom is 0.226 e. The molecule has 0 aliphatic rings. The molecule has 0 radical (unpaired) electrons. The number of nitrogens with zero attached hydrogens (tertiary/aromatic N) is 4. The van der Waals surface area contributed by atoms with Crippen LogP contribution in [0.4, 0.5) is 0 Å². The van der Waals surface area contributed by atoms with E-state index in [4.69, 9.17) is 4.74 Å². The van der Waals surface area contributed by atoms with Gasteiger partial charge in [0.1, 0.15) is 33.7 Å². The molecule has 0 aromatic carbocycles. The van der Waals surface area contributed by atoms with Crippen LogP contribution in [0.5, 0.6) is 0 Å². The van der Waals surface area contributed by atoms with E-state index in [0.29, 0.717) is 25.7 Å². The van der Waals surface area contributed by atoms with E-state index in [1.54, 1.807) is 0 Å². The van der Waals surface area contributed by atoms with Crippen molar-refractivity contribution in [2.45, 2.75) is 32.4 Å². The minimum Gasteiger partial charge on any atom is -0.359 e. The molecule has 0 aliphatic heterocycles. The Bertz CT molecular complexity index is 792. The van der Waals surface area contributed by atoms with Gasteiger partial charge in [-0.15, -0.1) is 11.3 Å². The van der Waals surface area contributed by atoms with Crippen molar-refractivity contribution in [2.24, 2.45) is 0 Å². The lowest BCUT2D eigenvalue weighted by Crippen LogP contribution is -2.22. The Balaban J connectivity index is 2.11. The van der Waals surface area contributed by atoms with Crippen LogP contribution in [0.2, 0.25) is 25.7 Å². The SMILES string of the molecule is C[Si](C)(C)CCOCn1nc(C(=O)c2sc(Br)nc2Br)cc1C#N. The molecule has 0 unspecified atom stereocenters. The molecule has 0 saturated carbocycles.